The van der Waals surface area contributed by atoms with Crippen molar-refractivity contribution >= 4 is 5.97 Å². The summed E-state index contributed by atoms with van der Waals surface area (Å²) < 4.78 is 15.3. The van der Waals surface area contributed by atoms with Gasteiger partial charge < -0.3 is 14.2 Å². The Morgan fingerprint density at radius 3 is 3.15 bits per heavy atom. The van der Waals surface area contributed by atoms with Crippen molar-refractivity contribution in [1.29, 1.82) is 0 Å². The molecular weight excluding hydrogens is 172 g/mol. The van der Waals surface area contributed by atoms with Gasteiger partial charge in [-0.2, -0.15) is 0 Å². The van der Waals surface area contributed by atoms with Crippen LogP contribution in [0.25, 0.3) is 0 Å². The van der Waals surface area contributed by atoms with E-state index < -0.39 is 6.10 Å². The van der Waals surface area contributed by atoms with Gasteiger partial charge in [-0.25, -0.2) is 4.79 Å². The number of rotatable bonds is 4. The number of carbonyl (C=O) groups excluding carboxylic acids is 1. The minimum Gasteiger partial charge on any atom is -0.456 e. The Bertz CT molecular complexity index is 190. The van der Waals surface area contributed by atoms with Gasteiger partial charge in [0.25, 0.3) is 0 Å². The number of carbonyl (C=O) groups is 1. The fourth-order valence-corrected chi connectivity index (χ4v) is 0.979. The van der Waals surface area contributed by atoms with E-state index in [0.29, 0.717) is 19.8 Å². The first-order valence-electron chi connectivity index (χ1n) is 4.24. The van der Waals surface area contributed by atoms with Crippen molar-refractivity contribution in [2.75, 3.05) is 19.8 Å². The van der Waals surface area contributed by atoms with Gasteiger partial charge in [0.2, 0.25) is 0 Å². The molecule has 0 spiro atoms. The molecule has 2 atom stereocenters. The van der Waals surface area contributed by atoms with Crippen LogP contribution in [0.4, 0.5) is 0 Å². The van der Waals surface area contributed by atoms with Crippen molar-refractivity contribution in [2.24, 2.45) is 0 Å². The molecule has 1 rings (SSSR count). The molecule has 0 aliphatic carbocycles. The number of ether oxygens (including phenoxy) is 3. The van der Waals surface area contributed by atoms with E-state index in [9.17, 15) is 4.79 Å². The summed E-state index contributed by atoms with van der Waals surface area (Å²) in [5.74, 6) is -0.321. The van der Waals surface area contributed by atoms with Crippen LogP contribution in [0.1, 0.15) is 6.92 Å². The molecule has 1 heterocycles. The molecule has 0 aromatic rings. The molecule has 0 aromatic carbocycles. The third kappa shape index (κ3) is 3.16. The Balaban J connectivity index is 2.21. The highest BCUT2D eigenvalue weighted by atomic mass is 16.6. The van der Waals surface area contributed by atoms with Crippen LogP contribution in [0.15, 0.2) is 12.7 Å². The van der Waals surface area contributed by atoms with E-state index in [1.807, 2.05) is 0 Å². The maximum Gasteiger partial charge on any atom is 0.335 e. The summed E-state index contributed by atoms with van der Waals surface area (Å²) >= 11 is 0. The first-order chi connectivity index (χ1) is 6.24. The molecular formula is C9H14O4. The SMILES string of the molecule is C=CCOCC1CO[C@@H](C)C(=O)O1. The fourth-order valence-electron chi connectivity index (χ4n) is 0.979. The van der Waals surface area contributed by atoms with E-state index in [1.165, 1.54) is 0 Å². The first kappa shape index (κ1) is 10.2. The summed E-state index contributed by atoms with van der Waals surface area (Å²) in [6.07, 6.45) is 0.924. The van der Waals surface area contributed by atoms with E-state index in [2.05, 4.69) is 6.58 Å². The van der Waals surface area contributed by atoms with Crippen molar-refractivity contribution in [3.05, 3.63) is 12.7 Å². The van der Waals surface area contributed by atoms with Gasteiger partial charge in [-0.3, -0.25) is 0 Å². The van der Waals surface area contributed by atoms with Gasteiger partial charge in [-0.15, -0.1) is 6.58 Å². The van der Waals surface area contributed by atoms with Gasteiger partial charge in [-0.05, 0) is 6.92 Å². The summed E-state index contributed by atoms with van der Waals surface area (Å²) in [6, 6.07) is 0. The molecule has 0 aromatic heterocycles. The van der Waals surface area contributed by atoms with Crippen LogP contribution in [-0.2, 0) is 19.0 Å². The minimum absolute atomic E-state index is 0.274. The molecule has 0 radical (unpaired) electrons. The van der Waals surface area contributed by atoms with Crippen LogP contribution >= 0.6 is 0 Å². The maximum atomic E-state index is 11.0. The lowest BCUT2D eigenvalue weighted by molar-refractivity contribution is -0.186. The molecule has 0 amide bonds. The second-order valence-corrected chi connectivity index (χ2v) is 2.86. The van der Waals surface area contributed by atoms with Crippen LogP contribution in [0, 0.1) is 0 Å². The molecule has 0 bridgehead atoms. The lowest BCUT2D eigenvalue weighted by atomic mass is 10.3. The lowest BCUT2D eigenvalue weighted by Crippen LogP contribution is -2.40. The number of esters is 1. The molecule has 0 N–H and O–H groups in total. The minimum atomic E-state index is -0.448. The largest absolute Gasteiger partial charge is 0.456 e. The van der Waals surface area contributed by atoms with Gasteiger partial charge >= 0.3 is 5.97 Å². The summed E-state index contributed by atoms with van der Waals surface area (Å²) in [4.78, 5) is 11.0. The predicted octanol–water partition coefficient (Wildman–Crippen LogP) is 0.520. The Labute approximate surface area is 77.5 Å². The predicted molar refractivity (Wildman–Crippen MR) is 46.3 cm³/mol. The van der Waals surface area contributed by atoms with E-state index in [4.69, 9.17) is 14.2 Å². The molecule has 4 heteroatoms. The normalized spacial score (nSPS) is 28.2. The maximum absolute atomic E-state index is 11.0. The third-order valence-corrected chi connectivity index (χ3v) is 1.69. The molecule has 1 saturated heterocycles. The van der Waals surface area contributed by atoms with Gasteiger partial charge in [0.15, 0.2) is 6.10 Å². The zero-order valence-electron chi connectivity index (χ0n) is 7.69. The smallest absolute Gasteiger partial charge is 0.335 e. The van der Waals surface area contributed by atoms with E-state index in [0.717, 1.165) is 0 Å². The van der Waals surface area contributed by atoms with Crippen LogP contribution in [0.3, 0.4) is 0 Å². The monoisotopic (exact) mass is 186 g/mol. The number of cyclic esters (lactones) is 1. The number of hydrogen-bond donors (Lipinski definition) is 0. The lowest BCUT2D eigenvalue weighted by Gasteiger charge is -2.26. The summed E-state index contributed by atoms with van der Waals surface area (Å²) in [5, 5.41) is 0. The Kier molecular flexibility index (Phi) is 3.92. The fraction of sp³-hybridized carbons (Fsp3) is 0.667. The quantitative estimate of drug-likeness (QED) is 0.365. The van der Waals surface area contributed by atoms with Gasteiger partial charge in [0, 0.05) is 0 Å². The average Bonchev–Trinajstić information content (AvgIpc) is 2.12. The topological polar surface area (TPSA) is 44.8 Å². The second kappa shape index (κ2) is 4.99. The van der Waals surface area contributed by atoms with Crippen molar-refractivity contribution in [2.45, 2.75) is 19.1 Å². The van der Waals surface area contributed by atoms with E-state index in [-0.39, 0.29) is 12.1 Å². The highest BCUT2D eigenvalue weighted by Crippen LogP contribution is 2.08. The molecule has 4 nitrogen and oxygen atoms in total. The molecule has 0 saturated carbocycles. The van der Waals surface area contributed by atoms with Crippen LogP contribution in [-0.4, -0.2) is 38.0 Å². The Morgan fingerprint density at radius 2 is 2.54 bits per heavy atom. The van der Waals surface area contributed by atoms with Gasteiger partial charge in [0.05, 0.1) is 19.8 Å². The number of hydrogen-bond acceptors (Lipinski definition) is 4. The highest BCUT2D eigenvalue weighted by molar-refractivity contribution is 5.74. The molecule has 1 unspecified atom stereocenters. The van der Waals surface area contributed by atoms with E-state index in [1.54, 1.807) is 13.0 Å². The first-order valence-corrected chi connectivity index (χ1v) is 4.24. The standard InChI is InChI=1S/C9H14O4/c1-3-4-11-5-8-6-12-7(2)9(10)13-8/h3,7-8H,1,4-6H2,2H3/t7-,8?/m0/s1. The summed E-state index contributed by atoms with van der Waals surface area (Å²) in [5.41, 5.74) is 0. The zero-order chi connectivity index (χ0) is 9.68. The summed E-state index contributed by atoms with van der Waals surface area (Å²) in [7, 11) is 0. The molecule has 74 valence electrons. The van der Waals surface area contributed by atoms with Crippen molar-refractivity contribution in [1.82, 2.24) is 0 Å². The second-order valence-electron chi connectivity index (χ2n) is 2.86. The van der Waals surface area contributed by atoms with Crippen molar-refractivity contribution in [3.63, 3.8) is 0 Å². The van der Waals surface area contributed by atoms with Gasteiger partial charge in [0.1, 0.15) is 6.10 Å². The van der Waals surface area contributed by atoms with Crippen molar-refractivity contribution < 1.29 is 19.0 Å². The van der Waals surface area contributed by atoms with Gasteiger partial charge in [-0.1, -0.05) is 6.08 Å². The molecule has 13 heavy (non-hydrogen) atoms. The highest BCUT2D eigenvalue weighted by Gasteiger charge is 2.27. The Hall–Kier alpha value is -0.870. The molecule has 1 aliphatic heterocycles. The van der Waals surface area contributed by atoms with Crippen LogP contribution < -0.4 is 0 Å². The van der Waals surface area contributed by atoms with Crippen LogP contribution in [0.2, 0.25) is 0 Å². The molecule has 1 fully saturated rings. The zero-order valence-corrected chi connectivity index (χ0v) is 7.69. The van der Waals surface area contributed by atoms with Crippen molar-refractivity contribution in [3.8, 4) is 0 Å². The van der Waals surface area contributed by atoms with Crippen LogP contribution in [0.5, 0.6) is 0 Å². The Morgan fingerprint density at radius 1 is 1.77 bits per heavy atom. The summed E-state index contributed by atoms with van der Waals surface area (Å²) in [6.45, 7) is 6.41. The average molecular weight is 186 g/mol. The van der Waals surface area contributed by atoms with E-state index >= 15 is 0 Å². The third-order valence-electron chi connectivity index (χ3n) is 1.69. The molecule has 1 aliphatic rings.